The highest BCUT2D eigenvalue weighted by Crippen LogP contribution is 2.40. The molecule has 1 atom stereocenters. The summed E-state index contributed by atoms with van der Waals surface area (Å²) >= 11 is 1.08. The quantitative estimate of drug-likeness (QED) is 0.462. The molecular formula is C17H15F3N2O2S. The van der Waals surface area contributed by atoms with E-state index in [1.807, 2.05) is 0 Å². The van der Waals surface area contributed by atoms with Gasteiger partial charge in [0, 0.05) is 23.9 Å². The summed E-state index contributed by atoms with van der Waals surface area (Å²) < 4.78 is 42.1. The molecule has 2 rings (SSSR count). The summed E-state index contributed by atoms with van der Waals surface area (Å²) in [6, 6.07) is 2.96. The number of rotatable bonds is 7. The molecule has 25 heavy (non-hydrogen) atoms. The molecule has 0 radical (unpaired) electrons. The average molecular weight is 368 g/mol. The fraction of sp³-hybridized carbons (Fsp3) is 0.235. The molecule has 1 amide bonds. The second-order valence-corrected chi connectivity index (χ2v) is 6.47. The van der Waals surface area contributed by atoms with Crippen LogP contribution < -0.4 is 5.73 Å². The number of hydrogen-bond donors (Lipinski definition) is 1. The maximum absolute atomic E-state index is 14.3. The molecule has 1 aromatic heterocycles. The van der Waals surface area contributed by atoms with Gasteiger partial charge in [0.25, 0.3) is 5.91 Å². The Morgan fingerprint density at radius 3 is 2.60 bits per heavy atom. The fourth-order valence-corrected chi connectivity index (χ4v) is 3.60. The number of thioether (sulfide) groups is 1. The van der Waals surface area contributed by atoms with Gasteiger partial charge < -0.3 is 10.5 Å². The minimum absolute atomic E-state index is 0.0121. The SMILES string of the molecule is Cc1cc(C(N)=O)ncc1C(SCCC=O)c1c(F)ccc(F)c1F. The fourth-order valence-electron chi connectivity index (χ4n) is 2.32. The van der Waals surface area contributed by atoms with Gasteiger partial charge in [0.05, 0.1) is 5.25 Å². The van der Waals surface area contributed by atoms with Crippen LogP contribution in [0, 0.1) is 24.4 Å². The number of pyridine rings is 1. The lowest BCUT2D eigenvalue weighted by atomic mass is 10.00. The number of primary amides is 1. The van der Waals surface area contributed by atoms with Crippen molar-refractivity contribution >= 4 is 24.0 Å². The van der Waals surface area contributed by atoms with E-state index in [1.165, 1.54) is 12.3 Å². The molecule has 1 aromatic carbocycles. The van der Waals surface area contributed by atoms with Gasteiger partial charge >= 0.3 is 0 Å². The molecule has 1 heterocycles. The maximum atomic E-state index is 14.3. The second kappa shape index (κ2) is 8.15. The van der Waals surface area contributed by atoms with Crippen LogP contribution in [0.2, 0.25) is 0 Å². The van der Waals surface area contributed by atoms with E-state index in [9.17, 15) is 22.8 Å². The number of hydrogen-bond acceptors (Lipinski definition) is 4. The minimum atomic E-state index is -1.29. The largest absolute Gasteiger partial charge is 0.364 e. The Morgan fingerprint density at radius 1 is 1.32 bits per heavy atom. The number of benzene rings is 1. The van der Waals surface area contributed by atoms with E-state index < -0.39 is 34.2 Å². The number of aryl methyl sites for hydroxylation is 1. The van der Waals surface area contributed by atoms with Crippen molar-refractivity contribution in [3.8, 4) is 0 Å². The van der Waals surface area contributed by atoms with E-state index >= 15 is 0 Å². The van der Waals surface area contributed by atoms with Crippen molar-refractivity contribution in [1.29, 1.82) is 0 Å². The van der Waals surface area contributed by atoms with Crippen molar-refractivity contribution in [1.82, 2.24) is 4.98 Å². The van der Waals surface area contributed by atoms with Crippen molar-refractivity contribution < 1.29 is 22.8 Å². The van der Waals surface area contributed by atoms with Gasteiger partial charge in [0.15, 0.2) is 11.6 Å². The highest BCUT2D eigenvalue weighted by Gasteiger charge is 2.26. The van der Waals surface area contributed by atoms with E-state index in [-0.39, 0.29) is 17.9 Å². The summed E-state index contributed by atoms with van der Waals surface area (Å²) in [6.45, 7) is 1.63. The first-order valence-corrected chi connectivity index (χ1v) is 8.36. The molecule has 1 unspecified atom stereocenters. The lowest BCUT2D eigenvalue weighted by Crippen LogP contribution is -2.15. The molecule has 132 valence electrons. The number of carbonyl (C=O) groups excluding carboxylic acids is 2. The Morgan fingerprint density at radius 2 is 2.00 bits per heavy atom. The van der Waals surface area contributed by atoms with Gasteiger partial charge in [-0.15, -0.1) is 11.8 Å². The third-order valence-corrected chi connectivity index (χ3v) is 4.84. The third-order valence-electron chi connectivity index (χ3n) is 3.55. The van der Waals surface area contributed by atoms with Crippen LogP contribution in [0.25, 0.3) is 0 Å². The predicted octanol–water partition coefficient (Wildman–Crippen LogP) is 3.32. The minimum Gasteiger partial charge on any atom is -0.364 e. The second-order valence-electron chi connectivity index (χ2n) is 5.25. The first-order chi connectivity index (χ1) is 11.9. The van der Waals surface area contributed by atoms with Crippen LogP contribution >= 0.6 is 11.8 Å². The molecule has 2 N–H and O–H groups in total. The highest BCUT2D eigenvalue weighted by molar-refractivity contribution is 7.99. The zero-order valence-electron chi connectivity index (χ0n) is 13.3. The lowest BCUT2D eigenvalue weighted by molar-refractivity contribution is -0.107. The zero-order valence-corrected chi connectivity index (χ0v) is 14.1. The highest BCUT2D eigenvalue weighted by atomic mass is 32.2. The van der Waals surface area contributed by atoms with Gasteiger partial charge in [-0.05, 0) is 36.2 Å². The molecule has 0 bridgehead atoms. The van der Waals surface area contributed by atoms with Gasteiger partial charge in [-0.25, -0.2) is 13.2 Å². The van der Waals surface area contributed by atoms with Crippen LogP contribution in [0.3, 0.4) is 0 Å². The van der Waals surface area contributed by atoms with Gasteiger partial charge in [0.1, 0.15) is 17.8 Å². The summed E-state index contributed by atoms with van der Waals surface area (Å²) in [7, 11) is 0. The van der Waals surface area contributed by atoms with E-state index in [0.29, 0.717) is 23.5 Å². The summed E-state index contributed by atoms with van der Waals surface area (Å²) in [5, 5.41) is -0.926. The number of amides is 1. The van der Waals surface area contributed by atoms with Crippen molar-refractivity contribution in [3.05, 3.63) is 64.2 Å². The monoisotopic (exact) mass is 368 g/mol. The zero-order chi connectivity index (χ0) is 18.6. The Bertz CT molecular complexity index is 815. The van der Waals surface area contributed by atoms with Gasteiger partial charge in [-0.2, -0.15) is 0 Å². The first kappa shape index (κ1) is 19.0. The maximum Gasteiger partial charge on any atom is 0.267 e. The Hall–Kier alpha value is -2.35. The van der Waals surface area contributed by atoms with Crippen molar-refractivity contribution in [3.63, 3.8) is 0 Å². The molecule has 8 heteroatoms. The molecule has 0 spiro atoms. The molecule has 4 nitrogen and oxygen atoms in total. The number of aromatic nitrogens is 1. The first-order valence-electron chi connectivity index (χ1n) is 7.31. The van der Waals surface area contributed by atoms with Crippen LogP contribution in [0.4, 0.5) is 13.2 Å². The lowest BCUT2D eigenvalue weighted by Gasteiger charge is -2.20. The third kappa shape index (κ3) is 4.19. The summed E-state index contributed by atoms with van der Waals surface area (Å²) in [5.74, 6) is -3.82. The number of halogens is 3. The van der Waals surface area contributed by atoms with Crippen molar-refractivity contribution in [2.45, 2.75) is 18.6 Å². The van der Waals surface area contributed by atoms with Crippen LogP contribution in [-0.4, -0.2) is 22.9 Å². The van der Waals surface area contributed by atoms with E-state index in [4.69, 9.17) is 5.73 Å². The van der Waals surface area contributed by atoms with Gasteiger partial charge in [-0.3, -0.25) is 9.78 Å². The molecule has 0 saturated heterocycles. The van der Waals surface area contributed by atoms with Crippen molar-refractivity contribution in [2.75, 3.05) is 5.75 Å². The molecule has 0 aliphatic carbocycles. The molecular weight excluding hydrogens is 353 g/mol. The van der Waals surface area contributed by atoms with Gasteiger partial charge in [-0.1, -0.05) is 0 Å². The normalized spacial score (nSPS) is 12.0. The molecule has 0 aliphatic heterocycles. The Labute approximate surface area is 146 Å². The van der Waals surface area contributed by atoms with E-state index in [0.717, 1.165) is 17.8 Å². The topological polar surface area (TPSA) is 73.1 Å². The van der Waals surface area contributed by atoms with Crippen LogP contribution in [-0.2, 0) is 4.79 Å². The molecule has 0 aliphatic rings. The average Bonchev–Trinajstić information content (AvgIpc) is 2.57. The van der Waals surface area contributed by atoms with E-state index in [2.05, 4.69) is 4.98 Å². The smallest absolute Gasteiger partial charge is 0.267 e. The number of nitrogens with two attached hydrogens (primary N) is 1. The summed E-state index contributed by atoms with van der Waals surface area (Å²) in [4.78, 5) is 25.7. The van der Waals surface area contributed by atoms with Crippen molar-refractivity contribution in [2.24, 2.45) is 5.73 Å². The molecule has 0 saturated carbocycles. The van der Waals surface area contributed by atoms with Gasteiger partial charge in [0.2, 0.25) is 0 Å². The summed E-state index contributed by atoms with van der Waals surface area (Å²) in [6.07, 6.45) is 2.15. The molecule has 0 fully saturated rings. The standard InChI is InChI=1S/C17H15F3N2O2S/c1-9-7-13(17(21)24)22-8-10(9)16(25-6-2-5-23)14-11(18)3-4-12(19)15(14)20/h3-5,7-8,16H,2,6H2,1H3,(H2,21,24). The van der Waals surface area contributed by atoms with E-state index in [1.54, 1.807) is 6.92 Å². The number of carbonyl (C=O) groups is 2. The number of aldehydes is 1. The van der Waals surface area contributed by atoms with Crippen LogP contribution in [0.5, 0.6) is 0 Å². The predicted molar refractivity (Wildman–Crippen MR) is 88.8 cm³/mol. The molecule has 2 aromatic rings. The van der Waals surface area contributed by atoms with Crippen LogP contribution in [0.15, 0.2) is 24.4 Å². The van der Waals surface area contributed by atoms with Crippen LogP contribution in [0.1, 0.15) is 38.8 Å². The Balaban J connectivity index is 2.56. The summed E-state index contributed by atoms with van der Waals surface area (Å²) in [5.41, 5.74) is 5.66. The number of nitrogens with zero attached hydrogens (tertiary/aromatic N) is 1. The Kier molecular flexibility index (Phi) is 6.19.